The van der Waals surface area contributed by atoms with Gasteiger partial charge in [0.2, 0.25) is 0 Å². The van der Waals surface area contributed by atoms with Gasteiger partial charge in [0.25, 0.3) is 0 Å². The van der Waals surface area contributed by atoms with Gasteiger partial charge in [-0.2, -0.15) is 5.26 Å². The first-order valence-corrected chi connectivity index (χ1v) is 2.16. The fourth-order valence-corrected chi connectivity index (χ4v) is 0.268. The molecule has 2 heteroatoms. The third kappa shape index (κ3) is 3.12. The first kappa shape index (κ1) is 6.30. The van der Waals surface area contributed by atoms with Gasteiger partial charge < -0.3 is 0 Å². The molecule has 0 saturated heterocycles. The summed E-state index contributed by atoms with van der Waals surface area (Å²) in [5.74, 6) is 0. The molecule has 0 radical (unpaired) electrons. The van der Waals surface area contributed by atoms with Crippen LogP contribution in [0.25, 0.3) is 0 Å². The molecule has 7 heavy (non-hydrogen) atoms. The minimum absolute atomic E-state index is 0.0995. The van der Waals surface area contributed by atoms with Crippen LogP contribution in [0.15, 0.2) is 16.8 Å². The molecule has 0 amide bonds. The number of hydrogen-bond donors (Lipinski definition) is 0. The van der Waals surface area contributed by atoms with Crippen LogP contribution in [0.4, 0.5) is 0 Å². The van der Waals surface area contributed by atoms with Crippen LogP contribution in [0.1, 0.15) is 6.92 Å². The maximum atomic E-state index is 7.96. The number of nitriles is 1. The summed E-state index contributed by atoms with van der Waals surface area (Å²) in [7, 11) is 0. The summed E-state index contributed by atoms with van der Waals surface area (Å²) in [6, 6.07) is 1.71. The number of allylic oxidation sites excluding steroid dienone is 1. The number of rotatable bonds is 0. The third-order valence-corrected chi connectivity index (χ3v) is 0.563. The average molecular weight is 114 g/mol. The lowest BCUT2D eigenvalue weighted by molar-refractivity contribution is 1.52. The van der Waals surface area contributed by atoms with Gasteiger partial charge in [0.05, 0.1) is 0 Å². The lowest BCUT2D eigenvalue weighted by Crippen LogP contribution is -1.50. The van der Waals surface area contributed by atoms with Crippen molar-refractivity contribution in [3.63, 3.8) is 0 Å². The van der Waals surface area contributed by atoms with E-state index in [4.69, 9.17) is 16.9 Å². The summed E-state index contributed by atoms with van der Waals surface area (Å²) in [4.78, 5) is 0. The Balaban J connectivity index is 4.10. The zero-order valence-corrected chi connectivity index (χ0v) is 4.66. The fourth-order valence-electron chi connectivity index (χ4n) is 0.159. The van der Waals surface area contributed by atoms with E-state index < -0.39 is 0 Å². The molecule has 0 heterocycles. The van der Waals surface area contributed by atoms with Gasteiger partial charge in [-0.15, -0.1) is 0 Å². The van der Waals surface area contributed by atoms with Crippen molar-refractivity contribution in [2.24, 2.45) is 0 Å². The van der Waals surface area contributed by atoms with Crippen LogP contribution >= 0.6 is 11.6 Å². The van der Waals surface area contributed by atoms with E-state index in [1.807, 2.05) is 0 Å². The molecule has 1 nitrogen and oxygen atoms in total. The second-order valence-electron chi connectivity index (χ2n) is 0.859. The number of halogens is 1. The van der Waals surface area contributed by atoms with Crippen molar-refractivity contribution in [2.45, 2.75) is 6.92 Å². The summed E-state index contributed by atoms with van der Waals surface area (Å²) < 4.78 is 0. The lowest BCUT2D eigenvalue weighted by Gasteiger charge is -1.63. The average Bonchev–Trinajstić information content (AvgIpc) is 1.68. The summed E-state index contributed by atoms with van der Waals surface area (Å²) in [5, 5.41) is 8.06. The Labute approximate surface area is 47.5 Å². The highest BCUT2D eigenvalue weighted by atomic mass is 35.5. The molecule has 0 aliphatic heterocycles. The molecule has 0 aromatic rings. The zero-order chi connectivity index (χ0) is 5.70. The van der Waals surface area contributed by atoms with Gasteiger partial charge in [-0.05, 0) is 13.0 Å². The monoisotopic (exact) mass is 113 g/mol. The molecule has 0 aliphatic rings. The Morgan fingerprint density at radius 2 is 2.43 bits per heavy atom. The van der Waals surface area contributed by atoms with Crippen LogP contribution in [-0.2, 0) is 0 Å². The Morgan fingerprint density at radius 1 is 1.86 bits per heavy atom. The second-order valence-corrected chi connectivity index (χ2v) is 1.24. The highest BCUT2D eigenvalue weighted by molar-refractivity contribution is 6.31. The quantitative estimate of drug-likeness (QED) is 0.347. The molecule has 0 atom stereocenters. The van der Waals surface area contributed by atoms with Crippen molar-refractivity contribution in [1.29, 1.82) is 5.26 Å². The number of hydrogen-bond acceptors (Lipinski definition) is 1. The topological polar surface area (TPSA) is 23.8 Å². The Morgan fingerprint density at radius 3 is 2.57 bits per heavy atom. The van der Waals surface area contributed by atoms with Crippen LogP contribution in [0, 0.1) is 11.3 Å². The largest absolute Gasteiger partial charge is 0.191 e. The SMILES string of the molecule is CC=C=C(Cl)C#N. The first-order chi connectivity index (χ1) is 3.31. The molecule has 0 unspecified atom stereocenters. The summed E-state index contributed by atoms with van der Waals surface area (Å²) in [6.07, 6.45) is 1.59. The standard InChI is InChI=1S/C5H4ClN/c1-2-3-5(6)4-7/h2H,1H3. The van der Waals surface area contributed by atoms with Gasteiger partial charge in [0.15, 0.2) is 5.03 Å². The van der Waals surface area contributed by atoms with Crippen molar-refractivity contribution >= 4 is 11.6 Å². The van der Waals surface area contributed by atoms with Gasteiger partial charge in [-0.3, -0.25) is 0 Å². The maximum Gasteiger partial charge on any atom is 0.159 e. The van der Waals surface area contributed by atoms with Crippen molar-refractivity contribution in [3.8, 4) is 6.07 Å². The Hall–Kier alpha value is -0.700. The van der Waals surface area contributed by atoms with E-state index in [0.29, 0.717) is 0 Å². The van der Waals surface area contributed by atoms with E-state index in [2.05, 4.69) is 5.73 Å². The molecule has 0 aromatic carbocycles. The van der Waals surface area contributed by atoms with Gasteiger partial charge in [0, 0.05) is 0 Å². The third-order valence-electron chi connectivity index (χ3n) is 0.369. The minimum atomic E-state index is 0.0995. The lowest BCUT2D eigenvalue weighted by atomic mass is 10.6. The number of nitrogens with zero attached hydrogens (tertiary/aromatic N) is 1. The minimum Gasteiger partial charge on any atom is -0.191 e. The summed E-state index contributed by atoms with van der Waals surface area (Å²) >= 11 is 5.18. The van der Waals surface area contributed by atoms with E-state index in [1.54, 1.807) is 19.1 Å². The normalized spacial score (nSPS) is 5.86. The van der Waals surface area contributed by atoms with Gasteiger partial charge >= 0.3 is 0 Å². The van der Waals surface area contributed by atoms with Crippen LogP contribution in [0.5, 0.6) is 0 Å². The predicted molar refractivity (Wildman–Crippen MR) is 28.7 cm³/mol. The molecule has 0 bridgehead atoms. The van der Waals surface area contributed by atoms with Crippen molar-refractivity contribution in [2.75, 3.05) is 0 Å². The van der Waals surface area contributed by atoms with Gasteiger partial charge in [-0.25, -0.2) is 0 Å². The predicted octanol–water partition coefficient (Wildman–Crippen LogP) is 1.81. The Bertz CT molecular complexity index is 146. The van der Waals surface area contributed by atoms with Crippen molar-refractivity contribution in [1.82, 2.24) is 0 Å². The highest BCUT2D eigenvalue weighted by Crippen LogP contribution is 1.92. The molecule has 0 saturated carbocycles. The van der Waals surface area contributed by atoms with Gasteiger partial charge in [0.1, 0.15) is 6.07 Å². The Kier molecular flexibility index (Phi) is 3.14. The first-order valence-electron chi connectivity index (χ1n) is 1.78. The zero-order valence-electron chi connectivity index (χ0n) is 3.90. The molecule has 36 valence electrons. The summed E-state index contributed by atoms with van der Waals surface area (Å²) in [5.41, 5.74) is 2.49. The van der Waals surface area contributed by atoms with Crippen LogP contribution in [0.3, 0.4) is 0 Å². The molecule has 0 N–H and O–H groups in total. The molecule has 0 fully saturated rings. The molecule has 0 rings (SSSR count). The molecular weight excluding hydrogens is 110 g/mol. The van der Waals surface area contributed by atoms with Crippen LogP contribution in [0.2, 0.25) is 0 Å². The van der Waals surface area contributed by atoms with E-state index in [9.17, 15) is 0 Å². The fraction of sp³-hybridized carbons (Fsp3) is 0.200. The molecule has 0 spiro atoms. The highest BCUT2D eigenvalue weighted by Gasteiger charge is 1.75. The summed E-state index contributed by atoms with van der Waals surface area (Å²) in [6.45, 7) is 1.75. The van der Waals surface area contributed by atoms with E-state index >= 15 is 0 Å². The van der Waals surface area contributed by atoms with Gasteiger partial charge in [-0.1, -0.05) is 17.3 Å². The smallest absolute Gasteiger partial charge is 0.159 e. The van der Waals surface area contributed by atoms with Crippen molar-refractivity contribution < 1.29 is 0 Å². The van der Waals surface area contributed by atoms with Crippen LogP contribution < -0.4 is 0 Å². The van der Waals surface area contributed by atoms with E-state index in [0.717, 1.165) is 0 Å². The van der Waals surface area contributed by atoms with Crippen LogP contribution in [-0.4, -0.2) is 0 Å². The second kappa shape index (κ2) is 3.49. The van der Waals surface area contributed by atoms with Crippen molar-refractivity contribution in [3.05, 3.63) is 16.8 Å². The molecule has 0 aliphatic carbocycles. The van der Waals surface area contributed by atoms with E-state index in [1.165, 1.54) is 0 Å². The molecular formula is C5H4ClN. The molecule has 0 aromatic heterocycles. The van der Waals surface area contributed by atoms with E-state index in [-0.39, 0.29) is 5.03 Å². The maximum absolute atomic E-state index is 7.96.